The second-order valence-corrected chi connectivity index (χ2v) is 12.4. The summed E-state index contributed by atoms with van der Waals surface area (Å²) >= 11 is 0. The number of aryl methyl sites for hydroxylation is 1. The van der Waals surface area contributed by atoms with Gasteiger partial charge in [0, 0.05) is 11.6 Å². The first kappa shape index (κ1) is 26.7. The lowest BCUT2D eigenvalue weighted by atomic mass is 10.0. The summed E-state index contributed by atoms with van der Waals surface area (Å²) in [7, 11) is -3.14. The lowest BCUT2D eigenvalue weighted by Crippen LogP contribution is -2.23. The highest BCUT2D eigenvalue weighted by atomic mass is 32.2. The lowest BCUT2D eigenvalue weighted by molar-refractivity contribution is -0.118. The van der Waals surface area contributed by atoms with E-state index in [1.165, 1.54) is 5.56 Å². The number of amides is 1. The molecule has 1 amide bonds. The molecule has 1 N–H and O–H groups in total. The Morgan fingerprint density at radius 2 is 1.84 bits per heavy atom. The van der Waals surface area contributed by atoms with Gasteiger partial charge in [0.1, 0.15) is 17.3 Å². The Hall–Kier alpha value is -3.33. The Bertz CT molecular complexity index is 1360. The van der Waals surface area contributed by atoms with Gasteiger partial charge in [-0.1, -0.05) is 26.0 Å². The molecule has 3 aromatic rings. The van der Waals surface area contributed by atoms with Crippen molar-refractivity contribution in [3.8, 4) is 22.8 Å². The average Bonchev–Trinajstić information content (AvgIpc) is 3.41. The number of ether oxygens (including phenoxy) is 2. The number of rotatable bonds is 9. The van der Waals surface area contributed by atoms with Crippen molar-refractivity contribution >= 4 is 21.6 Å². The number of aromatic nitrogens is 2. The summed E-state index contributed by atoms with van der Waals surface area (Å²) < 4.78 is 37.5. The molecule has 0 saturated carbocycles. The maximum absolute atomic E-state index is 12.8. The van der Waals surface area contributed by atoms with Crippen LogP contribution in [0.25, 0.3) is 11.3 Å². The zero-order valence-corrected chi connectivity index (χ0v) is 22.8. The Balaban J connectivity index is 1.54. The first-order valence-electron chi connectivity index (χ1n) is 12.6. The average molecular weight is 526 g/mol. The molecule has 0 aliphatic carbocycles. The van der Waals surface area contributed by atoms with Crippen LogP contribution in [0.4, 0.5) is 5.82 Å². The Morgan fingerprint density at radius 3 is 2.43 bits per heavy atom. The number of carbonyl (C=O) groups is 1. The van der Waals surface area contributed by atoms with Crippen molar-refractivity contribution in [1.82, 2.24) is 9.78 Å². The molecule has 1 aliphatic rings. The Morgan fingerprint density at radius 1 is 1.11 bits per heavy atom. The van der Waals surface area contributed by atoms with Gasteiger partial charge in [-0.2, -0.15) is 5.10 Å². The highest BCUT2D eigenvalue weighted by Crippen LogP contribution is 2.32. The minimum Gasteiger partial charge on any atom is -0.491 e. The molecule has 2 aromatic carbocycles. The monoisotopic (exact) mass is 525 g/mol. The van der Waals surface area contributed by atoms with Crippen molar-refractivity contribution in [3.05, 3.63) is 59.7 Å². The SMILES string of the molecule is Cc1cc(-c2cc(NC(=O)COc3ccc(C(C)C)cc3)n(C3CCS(=O)(=O)C3)n2)ccc1OC(C)C. The zero-order valence-electron chi connectivity index (χ0n) is 22.0. The number of nitrogens with zero attached hydrogens (tertiary/aromatic N) is 2. The fourth-order valence-electron chi connectivity index (χ4n) is 4.35. The van der Waals surface area contributed by atoms with E-state index in [1.807, 2.05) is 63.2 Å². The van der Waals surface area contributed by atoms with Crippen molar-refractivity contribution in [1.29, 1.82) is 0 Å². The quantitative estimate of drug-likeness (QED) is 0.415. The molecule has 1 atom stereocenters. The van der Waals surface area contributed by atoms with Crippen LogP contribution in [0.5, 0.6) is 11.5 Å². The minimum absolute atomic E-state index is 0.00408. The smallest absolute Gasteiger partial charge is 0.263 e. The Kier molecular flexibility index (Phi) is 7.92. The van der Waals surface area contributed by atoms with E-state index >= 15 is 0 Å². The van der Waals surface area contributed by atoms with Crippen LogP contribution in [0.2, 0.25) is 0 Å². The standard InChI is InChI=1S/C28H35N3O5S/c1-18(2)21-6-9-24(10-7-21)35-16-28(32)29-27-15-25(30-31(27)23-12-13-37(33,34)17-23)22-8-11-26(20(5)14-22)36-19(3)4/h6-11,14-15,18-19,23H,12-13,16-17H2,1-5H3,(H,29,32). The summed E-state index contributed by atoms with van der Waals surface area (Å²) in [6.45, 7) is 9.98. The van der Waals surface area contributed by atoms with Crippen LogP contribution in [0.1, 0.15) is 57.2 Å². The van der Waals surface area contributed by atoms with Crippen molar-refractivity contribution in [2.24, 2.45) is 0 Å². The number of hydrogen-bond donors (Lipinski definition) is 1. The van der Waals surface area contributed by atoms with Crippen LogP contribution in [0, 0.1) is 6.92 Å². The third-order valence-electron chi connectivity index (χ3n) is 6.31. The van der Waals surface area contributed by atoms with E-state index in [1.54, 1.807) is 10.7 Å². The van der Waals surface area contributed by atoms with Crippen LogP contribution in [0.3, 0.4) is 0 Å². The summed E-state index contributed by atoms with van der Waals surface area (Å²) in [5, 5.41) is 7.59. The van der Waals surface area contributed by atoms with E-state index in [0.717, 1.165) is 16.9 Å². The van der Waals surface area contributed by atoms with E-state index in [-0.39, 0.29) is 36.2 Å². The molecular weight excluding hydrogens is 490 g/mol. The predicted molar refractivity (Wildman–Crippen MR) is 145 cm³/mol. The van der Waals surface area contributed by atoms with Gasteiger partial charge in [0.15, 0.2) is 16.4 Å². The molecule has 1 aromatic heterocycles. The molecule has 1 saturated heterocycles. The molecule has 0 bridgehead atoms. The van der Waals surface area contributed by atoms with Gasteiger partial charge in [-0.05, 0) is 74.6 Å². The molecule has 0 spiro atoms. The van der Waals surface area contributed by atoms with Gasteiger partial charge < -0.3 is 14.8 Å². The van der Waals surface area contributed by atoms with Gasteiger partial charge >= 0.3 is 0 Å². The fraction of sp³-hybridized carbons (Fsp3) is 0.429. The molecule has 1 aliphatic heterocycles. The van der Waals surface area contributed by atoms with Crippen molar-refractivity contribution in [3.63, 3.8) is 0 Å². The van der Waals surface area contributed by atoms with Crippen molar-refractivity contribution in [2.75, 3.05) is 23.4 Å². The van der Waals surface area contributed by atoms with E-state index in [4.69, 9.17) is 14.6 Å². The van der Waals surface area contributed by atoms with E-state index in [0.29, 0.717) is 29.6 Å². The molecule has 37 heavy (non-hydrogen) atoms. The topological polar surface area (TPSA) is 99.5 Å². The normalized spacial score (nSPS) is 16.8. The molecule has 1 unspecified atom stereocenters. The molecule has 4 rings (SSSR count). The van der Waals surface area contributed by atoms with Gasteiger partial charge in [0.25, 0.3) is 5.91 Å². The molecule has 8 nitrogen and oxygen atoms in total. The molecular formula is C28H35N3O5S. The minimum atomic E-state index is -3.14. The van der Waals surface area contributed by atoms with Gasteiger partial charge in [-0.15, -0.1) is 0 Å². The maximum Gasteiger partial charge on any atom is 0.263 e. The van der Waals surface area contributed by atoms with E-state index < -0.39 is 9.84 Å². The molecule has 0 radical (unpaired) electrons. The number of sulfone groups is 1. The highest BCUT2D eigenvalue weighted by molar-refractivity contribution is 7.91. The number of benzene rings is 2. The number of hydrogen-bond acceptors (Lipinski definition) is 6. The molecule has 2 heterocycles. The Labute approximate surface area is 218 Å². The summed E-state index contributed by atoms with van der Waals surface area (Å²) in [5.41, 5.74) is 3.65. The first-order valence-corrected chi connectivity index (χ1v) is 14.4. The second-order valence-electron chi connectivity index (χ2n) is 10.1. The van der Waals surface area contributed by atoms with Crippen LogP contribution < -0.4 is 14.8 Å². The summed E-state index contributed by atoms with van der Waals surface area (Å²) in [5.74, 6) is 2.02. The lowest BCUT2D eigenvalue weighted by Gasteiger charge is -2.14. The first-order chi connectivity index (χ1) is 17.5. The number of carbonyl (C=O) groups excluding carboxylic acids is 1. The summed E-state index contributed by atoms with van der Waals surface area (Å²) in [6.07, 6.45) is 0.510. The van der Waals surface area contributed by atoms with Crippen LogP contribution in [-0.2, 0) is 14.6 Å². The summed E-state index contributed by atoms with van der Waals surface area (Å²) in [6, 6.07) is 14.9. The fourth-order valence-corrected chi connectivity index (χ4v) is 6.04. The van der Waals surface area contributed by atoms with Gasteiger partial charge in [0.05, 0.1) is 29.3 Å². The van der Waals surface area contributed by atoms with E-state index in [9.17, 15) is 13.2 Å². The zero-order chi connectivity index (χ0) is 26.7. The van der Waals surface area contributed by atoms with Gasteiger partial charge in [-0.25, -0.2) is 13.1 Å². The van der Waals surface area contributed by atoms with E-state index in [2.05, 4.69) is 19.2 Å². The van der Waals surface area contributed by atoms with Crippen molar-refractivity contribution < 1.29 is 22.7 Å². The number of anilines is 1. The second kappa shape index (κ2) is 11.0. The third kappa shape index (κ3) is 6.71. The largest absolute Gasteiger partial charge is 0.491 e. The predicted octanol–water partition coefficient (Wildman–Crippen LogP) is 5.15. The third-order valence-corrected chi connectivity index (χ3v) is 8.06. The summed E-state index contributed by atoms with van der Waals surface area (Å²) in [4.78, 5) is 12.8. The van der Waals surface area contributed by atoms with Gasteiger partial charge in [0.2, 0.25) is 0 Å². The van der Waals surface area contributed by atoms with Crippen LogP contribution in [-0.4, -0.2) is 48.3 Å². The molecule has 1 fully saturated rings. The maximum atomic E-state index is 12.8. The highest BCUT2D eigenvalue weighted by Gasteiger charge is 2.32. The van der Waals surface area contributed by atoms with Gasteiger partial charge in [-0.3, -0.25) is 4.79 Å². The van der Waals surface area contributed by atoms with Crippen molar-refractivity contribution in [2.45, 2.75) is 59.1 Å². The number of nitrogens with one attached hydrogen (secondary N) is 1. The molecule has 9 heteroatoms. The van der Waals surface area contributed by atoms with Crippen LogP contribution in [0.15, 0.2) is 48.5 Å². The van der Waals surface area contributed by atoms with Crippen LogP contribution >= 0.6 is 0 Å². The molecule has 198 valence electrons.